The fraction of sp³-hybridized carbons (Fsp3) is 0.625. The summed E-state index contributed by atoms with van der Waals surface area (Å²) >= 11 is 0. The van der Waals surface area contributed by atoms with E-state index in [0.717, 1.165) is 0 Å². The van der Waals surface area contributed by atoms with Gasteiger partial charge in [-0.2, -0.15) is 0 Å². The van der Waals surface area contributed by atoms with Crippen molar-refractivity contribution >= 4 is 17.8 Å². The molecule has 0 aliphatic carbocycles. The first-order chi connectivity index (χ1) is 14.5. The van der Waals surface area contributed by atoms with Crippen molar-refractivity contribution in [3.63, 3.8) is 0 Å². The molecule has 7 heteroatoms. The molecule has 31 heavy (non-hydrogen) atoms. The molecule has 2 rings (SSSR count). The van der Waals surface area contributed by atoms with Crippen molar-refractivity contribution in [2.75, 3.05) is 13.1 Å². The highest BCUT2D eigenvalue weighted by Gasteiger charge is 2.35. The zero-order chi connectivity index (χ0) is 23.2. The van der Waals surface area contributed by atoms with E-state index in [9.17, 15) is 14.4 Å². The van der Waals surface area contributed by atoms with Gasteiger partial charge in [-0.3, -0.25) is 9.59 Å². The highest BCUT2D eigenvalue weighted by Crippen LogP contribution is 2.22. The van der Waals surface area contributed by atoms with E-state index < -0.39 is 6.04 Å². The van der Waals surface area contributed by atoms with Gasteiger partial charge in [0.2, 0.25) is 5.91 Å². The van der Waals surface area contributed by atoms with Gasteiger partial charge in [-0.1, -0.05) is 32.0 Å². The first kappa shape index (κ1) is 24.7. The van der Waals surface area contributed by atoms with E-state index in [1.165, 1.54) is 0 Å². The number of likely N-dealkylation sites (tertiary alicyclic amines) is 1. The van der Waals surface area contributed by atoms with Crippen LogP contribution in [-0.2, 0) is 4.79 Å². The average Bonchev–Trinajstić information content (AvgIpc) is 2.71. The Kier molecular flexibility index (Phi) is 8.48. The molecule has 0 aromatic heterocycles. The summed E-state index contributed by atoms with van der Waals surface area (Å²) in [6.45, 7) is 13.0. The minimum Gasteiger partial charge on any atom is -0.352 e. The van der Waals surface area contributed by atoms with Crippen LogP contribution in [0.4, 0.5) is 4.79 Å². The summed E-state index contributed by atoms with van der Waals surface area (Å²) in [7, 11) is 0. The summed E-state index contributed by atoms with van der Waals surface area (Å²) < 4.78 is 0. The number of piperidine rings is 1. The van der Waals surface area contributed by atoms with E-state index in [2.05, 4.69) is 29.8 Å². The van der Waals surface area contributed by atoms with Gasteiger partial charge < -0.3 is 20.9 Å². The molecule has 172 valence electrons. The molecule has 1 heterocycles. The molecule has 0 bridgehead atoms. The van der Waals surface area contributed by atoms with Gasteiger partial charge in [0, 0.05) is 30.2 Å². The van der Waals surface area contributed by atoms with Gasteiger partial charge >= 0.3 is 6.03 Å². The highest BCUT2D eigenvalue weighted by atomic mass is 16.2. The SMILES string of the molecule is CC(C)[C@H](C)NC(=O)[C@@H](NC(=O)c1ccccc1)C1CCN(C(=O)NC(C)(C)C)CC1. The summed E-state index contributed by atoms with van der Waals surface area (Å²) in [4.78, 5) is 40.2. The lowest BCUT2D eigenvalue weighted by Gasteiger charge is -2.37. The van der Waals surface area contributed by atoms with Gasteiger partial charge in [-0.05, 0) is 64.5 Å². The fourth-order valence-corrected chi connectivity index (χ4v) is 3.53. The van der Waals surface area contributed by atoms with Gasteiger partial charge in [0.05, 0.1) is 0 Å². The van der Waals surface area contributed by atoms with Crippen molar-refractivity contribution in [2.45, 2.75) is 72.0 Å². The number of hydrogen-bond donors (Lipinski definition) is 3. The maximum atomic E-state index is 13.1. The van der Waals surface area contributed by atoms with Crippen molar-refractivity contribution in [1.29, 1.82) is 0 Å². The lowest BCUT2D eigenvalue weighted by atomic mass is 9.88. The van der Waals surface area contributed by atoms with Crippen LogP contribution in [0.3, 0.4) is 0 Å². The van der Waals surface area contributed by atoms with E-state index >= 15 is 0 Å². The van der Waals surface area contributed by atoms with Gasteiger partial charge in [-0.15, -0.1) is 0 Å². The van der Waals surface area contributed by atoms with Crippen LogP contribution in [0, 0.1) is 11.8 Å². The molecule has 1 aliphatic heterocycles. The Morgan fingerprint density at radius 3 is 2.06 bits per heavy atom. The Balaban J connectivity index is 2.09. The summed E-state index contributed by atoms with van der Waals surface area (Å²) in [5.74, 6) is -0.169. The largest absolute Gasteiger partial charge is 0.352 e. The molecular weight excluding hydrogens is 392 g/mol. The van der Waals surface area contributed by atoms with E-state index in [0.29, 0.717) is 31.5 Å². The third-order valence-corrected chi connectivity index (χ3v) is 5.76. The van der Waals surface area contributed by atoms with Crippen LogP contribution in [0.5, 0.6) is 0 Å². The monoisotopic (exact) mass is 430 g/mol. The second-order valence-corrected chi connectivity index (χ2v) is 9.86. The number of urea groups is 1. The van der Waals surface area contributed by atoms with Crippen molar-refractivity contribution in [2.24, 2.45) is 11.8 Å². The molecule has 1 saturated heterocycles. The smallest absolute Gasteiger partial charge is 0.317 e. The Hall–Kier alpha value is -2.57. The zero-order valence-corrected chi connectivity index (χ0v) is 19.7. The first-order valence-corrected chi connectivity index (χ1v) is 11.2. The average molecular weight is 431 g/mol. The first-order valence-electron chi connectivity index (χ1n) is 11.2. The molecule has 1 aromatic rings. The van der Waals surface area contributed by atoms with Crippen LogP contribution in [0.1, 0.15) is 64.7 Å². The minimum absolute atomic E-state index is 0.00118. The molecule has 1 aliphatic rings. The maximum absolute atomic E-state index is 13.1. The number of carbonyl (C=O) groups is 3. The number of rotatable bonds is 6. The lowest BCUT2D eigenvalue weighted by Crippen LogP contribution is -2.57. The molecule has 1 fully saturated rings. The number of amides is 4. The van der Waals surface area contributed by atoms with Gasteiger partial charge in [-0.25, -0.2) is 4.79 Å². The van der Waals surface area contributed by atoms with Gasteiger partial charge in [0.25, 0.3) is 5.91 Å². The summed E-state index contributed by atoms with van der Waals surface area (Å²) in [5.41, 5.74) is 0.228. The predicted octanol–water partition coefficient (Wildman–Crippen LogP) is 3.17. The number of nitrogens with zero attached hydrogens (tertiary/aromatic N) is 1. The Bertz CT molecular complexity index is 750. The second-order valence-electron chi connectivity index (χ2n) is 9.86. The molecule has 0 radical (unpaired) electrons. The van der Waals surface area contributed by atoms with Crippen LogP contribution in [0.2, 0.25) is 0 Å². The number of benzene rings is 1. The normalized spacial score (nSPS) is 17.1. The fourth-order valence-electron chi connectivity index (χ4n) is 3.53. The van der Waals surface area contributed by atoms with Crippen LogP contribution in [-0.4, -0.2) is 53.5 Å². The Labute approximate surface area is 186 Å². The maximum Gasteiger partial charge on any atom is 0.317 e. The van der Waals surface area contributed by atoms with Crippen molar-refractivity contribution in [3.05, 3.63) is 35.9 Å². The topological polar surface area (TPSA) is 90.5 Å². The number of carbonyl (C=O) groups excluding carboxylic acids is 3. The molecule has 4 amide bonds. The Morgan fingerprint density at radius 1 is 0.968 bits per heavy atom. The van der Waals surface area contributed by atoms with E-state index in [1.807, 2.05) is 33.8 Å². The third kappa shape index (κ3) is 7.56. The Morgan fingerprint density at radius 2 is 1.55 bits per heavy atom. The molecule has 7 nitrogen and oxygen atoms in total. The molecule has 2 atom stereocenters. The van der Waals surface area contributed by atoms with Crippen LogP contribution in [0.15, 0.2) is 30.3 Å². The van der Waals surface area contributed by atoms with Crippen LogP contribution < -0.4 is 16.0 Å². The van der Waals surface area contributed by atoms with Crippen molar-refractivity contribution in [1.82, 2.24) is 20.9 Å². The highest BCUT2D eigenvalue weighted by molar-refractivity contribution is 5.97. The van der Waals surface area contributed by atoms with Crippen molar-refractivity contribution < 1.29 is 14.4 Å². The predicted molar refractivity (Wildman–Crippen MR) is 123 cm³/mol. The molecule has 3 N–H and O–H groups in total. The third-order valence-electron chi connectivity index (χ3n) is 5.76. The van der Waals surface area contributed by atoms with Crippen LogP contribution in [0.25, 0.3) is 0 Å². The van der Waals surface area contributed by atoms with E-state index in [1.54, 1.807) is 29.2 Å². The van der Waals surface area contributed by atoms with Gasteiger partial charge in [0.1, 0.15) is 6.04 Å². The summed E-state index contributed by atoms with van der Waals surface area (Å²) in [6, 6.07) is 8.20. The quantitative estimate of drug-likeness (QED) is 0.647. The minimum atomic E-state index is -0.637. The molecule has 0 saturated carbocycles. The second kappa shape index (κ2) is 10.6. The molecule has 0 unspecified atom stereocenters. The van der Waals surface area contributed by atoms with Gasteiger partial charge in [0.15, 0.2) is 0 Å². The van der Waals surface area contributed by atoms with Crippen LogP contribution >= 0.6 is 0 Å². The lowest BCUT2D eigenvalue weighted by molar-refractivity contribution is -0.125. The number of nitrogens with one attached hydrogen (secondary N) is 3. The zero-order valence-electron chi connectivity index (χ0n) is 19.7. The molecule has 1 aromatic carbocycles. The molecule has 0 spiro atoms. The summed E-state index contributed by atoms with van der Waals surface area (Å²) in [6.07, 6.45) is 1.31. The van der Waals surface area contributed by atoms with E-state index in [4.69, 9.17) is 0 Å². The van der Waals surface area contributed by atoms with Crippen molar-refractivity contribution in [3.8, 4) is 0 Å². The summed E-state index contributed by atoms with van der Waals surface area (Å²) in [5, 5.41) is 9.00. The standard InChI is InChI=1S/C24H38N4O3/c1-16(2)17(3)25-22(30)20(26-21(29)19-10-8-7-9-11-19)18-12-14-28(15-13-18)23(31)27-24(4,5)6/h7-11,16-18,20H,12-15H2,1-6H3,(H,25,30)(H,26,29)(H,27,31)/t17-,20-/m0/s1. The van der Waals surface area contributed by atoms with E-state index in [-0.39, 0.29) is 41.3 Å². The number of hydrogen-bond acceptors (Lipinski definition) is 3. The molecular formula is C24H38N4O3.